The van der Waals surface area contributed by atoms with Gasteiger partial charge in [0.2, 0.25) is 0 Å². The lowest BCUT2D eigenvalue weighted by Crippen LogP contribution is -2.50. The van der Waals surface area contributed by atoms with E-state index in [-0.39, 0.29) is 31.1 Å². The average molecular weight is 550 g/mol. The minimum Gasteiger partial charge on any atom is -0.484 e. The smallest absolute Gasteiger partial charge is 0.416 e. The first-order valence-electron chi connectivity index (χ1n) is 10.8. The third-order valence-electron chi connectivity index (χ3n) is 6.51. The summed E-state index contributed by atoms with van der Waals surface area (Å²) < 4.78 is 43.7. The highest BCUT2D eigenvalue weighted by Crippen LogP contribution is 2.76. The minimum atomic E-state index is -4.43. The number of carbonyl (C=O) groups excluding carboxylic acids is 2. The first kappa shape index (κ1) is 26.0. The largest absolute Gasteiger partial charge is 0.484 e. The lowest BCUT2D eigenvalue weighted by Gasteiger charge is -2.26. The van der Waals surface area contributed by atoms with E-state index in [1.54, 1.807) is 12.1 Å². The van der Waals surface area contributed by atoms with Crippen LogP contribution in [0, 0.1) is 0 Å². The average Bonchev–Trinajstić information content (AvgIpc) is 3.31. The number of halogens is 5. The number of amides is 2. The number of fused-ring (bicyclic) bond motifs is 2. The molecule has 0 aliphatic carbocycles. The molecule has 2 aliphatic rings. The Kier molecular flexibility index (Phi) is 7.26. The molecule has 2 aromatic carbocycles. The lowest BCUT2D eigenvalue weighted by atomic mass is 9.95. The van der Waals surface area contributed by atoms with Crippen molar-refractivity contribution in [3.8, 4) is 5.75 Å². The molecule has 2 aliphatic heterocycles. The van der Waals surface area contributed by atoms with Gasteiger partial charge in [0.25, 0.3) is 5.91 Å². The van der Waals surface area contributed by atoms with Gasteiger partial charge < -0.3 is 20.5 Å². The number of hydrogen-bond acceptors (Lipinski definition) is 4. The van der Waals surface area contributed by atoms with Gasteiger partial charge in [-0.15, -0.1) is 0 Å². The van der Waals surface area contributed by atoms with Crippen LogP contribution in [0.5, 0.6) is 5.75 Å². The fourth-order valence-corrected chi connectivity index (χ4v) is 9.65. The normalized spacial score (nSPS) is 25.4. The molecule has 3 atom stereocenters. The molecule has 3 N–H and O–H groups in total. The standard InChI is InChI=1S/C23H22Cl2F3N2O4P/c24-17-6-5-16(9-18(17)25)34-12-19(31)30-22-7-8-35(13-22,20(32)10-22)21(33)29-11-14-1-3-15(4-2-14)23(26,27)28/h1-6,9,20,32H,7-8,10-13H2,(H-,29,30,31,33)/p+1. The molecule has 2 amide bonds. The molecule has 2 aromatic rings. The fraction of sp³-hybridized carbons (Fsp3) is 0.391. The Morgan fingerprint density at radius 3 is 2.49 bits per heavy atom. The molecule has 0 radical (unpaired) electrons. The highest BCUT2D eigenvalue weighted by atomic mass is 35.5. The number of nitrogens with one attached hydrogen (secondary N) is 2. The van der Waals surface area contributed by atoms with Gasteiger partial charge in [0.15, 0.2) is 12.5 Å². The number of aliphatic hydroxyl groups excluding tert-OH is 1. The van der Waals surface area contributed by atoms with Crippen molar-refractivity contribution in [3.05, 3.63) is 63.6 Å². The maximum atomic E-state index is 13.1. The highest BCUT2D eigenvalue weighted by molar-refractivity contribution is 7.91. The molecule has 3 unspecified atom stereocenters. The Morgan fingerprint density at radius 1 is 1.14 bits per heavy atom. The maximum absolute atomic E-state index is 13.1. The molecule has 4 rings (SSSR count). The molecule has 12 heteroatoms. The molecule has 2 heterocycles. The van der Waals surface area contributed by atoms with E-state index in [0.717, 1.165) is 12.1 Å². The van der Waals surface area contributed by atoms with E-state index in [0.29, 0.717) is 40.1 Å². The van der Waals surface area contributed by atoms with Gasteiger partial charge in [-0.1, -0.05) is 35.3 Å². The summed E-state index contributed by atoms with van der Waals surface area (Å²) >= 11 is 11.8. The van der Waals surface area contributed by atoms with Crippen molar-refractivity contribution in [1.29, 1.82) is 0 Å². The van der Waals surface area contributed by atoms with E-state index >= 15 is 0 Å². The van der Waals surface area contributed by atoms with Crippen LogP contribution in [0.15, 0.2) is 42.5 Å². The predicted molar refractivity (Wildman–Crippen MR) is 128 cm³/mol. The molecule has 0 saturated carbocycles. The molecular formula is C23H23Cl2F3N2O4P+. The Hall–Kier alpha value is -2.06. The number of ether oxygens (including phenoxy) is 1. The zero-order valence-corrected chi connectivity index (χ0v) is 20.8. The Labute approximate surface area is 210 Å². The van der Waals surface area contributed by atoms with Crippen LogP contribution in [0.3, 0.4) is 0 Å². The zero-order chi connectivity index (χ0) is 25.4. The lowest BCUT2D eigenvalue weighted by molar-refractivity contribution is -0.137. The second-order valence-corrected chi connectivity index (χ2v) is 13.5. The molecule has 0 spiro atoms. The number of alkyl halides is 3. The van der Waals surface area contributed by atoms with E-state index in [1.807, 2.05) is 0 Å². The van der Waals surface area contributed by atoms with Gasteiger partial charge in [0, 0.05) is 25.5 Å². The van der Waals surface area contributed by atoms with Crippen molar-refractivity contribution in [3.63, 3.8) is 0 Å². The number of carbonyl (C=O) groups is 2. The number of rotatable bonds is 7. The van der Waals surface area contributed by atoms with Crippen molar-refractivity contribution in [2.75, 3.05) is 18.9 Å². The molecule has 188 valence electrons. The van der Waals surface area contributed by atoms with Crippen LogP contribution < -0.4 is 15.4 Å². The number of benzene rings is 2. The van der Waals surface area contributed by atoms with E-state index in [9.17, 15) is 27.9 Å². The van der Waals surface area contributed by atoms with Gasteiger partial charge in [-0.3, -0.25) is 4.79 Å². The maximum Gasteiger partial charge on any atom is 0.416 e. The molecule has 35 heavy (non-hydrogen) atoms. The highest BCUT2D eigenvalue weighted by Gasteiger charge is 2.70. The Balaban J connectivity index is 1.33. The van der Waals surface area contributed by atoms with Gasteiger partial charge in [-0.05, 0) is 29.8 Å². The van der Waals surface area contributed by atoms with Gasteiger partial charge in [-0.2, -0.15) is 13.2 Å². The third-order valence-corrected chi connectivity index (χ3v) is 11.7. The van der Waals surface area contributed by atoms with Gasteiger partial charge in [-0.25, -0.2) is 4.79 Å². The van der Waals surface area contributed by atoms with Crippen molar-refractivity contribution in [1.82, 2.24) is 10.6 Å². The second-order valence-electron chi connectivity index (χ2n) is 8.90. The summed E-state index contributed by atoms with van der Waals surface area (Å²) in [6.07, 6.45) is -2.73. The van der Waals surface area contributed by atoms with Crippen LogP contribution in [0.25, 0.3) is 0 Å². The van der Waals surface area contributed by atoms with E-state index in [4.69, 9.17) is 27.9 Å². The zero-order valence-electron chi connectivity index (χ0n) is 18.4. The van der Waals surface area contributed by atoms with Crippen LogP contribution in [0.1, 0.15) is 24.0 Å². The van der Waals surface area contributed by atoms with Gasteiger partial charge >= 0.3 is 11.8 Å². The topological polar surface area (TPSA) is 87.7 Å². The summed E-state index contributed by atoms with van der Waals surface area (Å²) in [5.74, 6) is -0.843. The Morgan fingerprint density at radius 2 is 1.86 bits per heavy atom. The van der Waals surface area contributed by atoms with E-state index < -0.39 is 30.4 Å². The van der Waals surface area contributed by atoms with Crippen LogP contribution in [0.4, 0.5) is 18.0 Å². The van der Waals surface area contributed by atoms with Crippen LogP contribution in [-0.4, -0.2) is 47.0 Å². The van der Waals surface area contributed by atoms with Gasteiger partial charge in [0.05, 0.1) is 33.5 Å². The SMILES string of the molecule is O=C(COc1ccc(Cl)c(Cl)c1)NC12CC[P+](C(=O)NCc3ccc(C(F)(F)F)cc3)(C1)C(O)C2. The molecule has 2 bridgehead atoms. The molecule has 6 nitrogen and oxygen atoms in total. The van der Waals surface area contributed by atoms with E-state index in [2.05, 4.69) is 10.6 Å². The first-order valence-corrected chi connectivity index (χ1v) is 13.8. The van der Waals surface area contributed by atoms with Crippen LogP contribution >= 0.6 is 30.5 Å². The van der Waals surface area contributed by atoms with Crippen molar-refractivity contribution < 1.29 is 32.6 Å². The van der Waals surface area contributed by atoms with Crippen LogP contribution in [-0.2, 0) is 17.5 Å². The minimum absolute atomic E-state index is 0.0578. The van der Waals surface area contributed by atoms with Gasteiger partial charge in [0.1, 0.15) is 13.0 Å². The first-order chi connectivity index (χ1) is 16.4. The Bertz CT molecular complexity index is 1130. The predicted octanol–water partition coefficient (Wildman–Crippen LogP) is 5.30. The van der Waals surface area contributed by atoms with Crippen LogP contribution in [0.2, 0.25) is 10.0 Å². The van der Waals surface area contributed by atoms with Crippen molar-refractivity contribution in [2.45, 2.75) is 36.9 Å². The summed E-state index contributed by atoms with van der Waals surface area (Å²) in [5, 5.41) is 17.2. The molecule has 2 saturated heterocycles. The summed E-state index contributed by atoms with van der Waals surface area (Å²) in [4.78, 5) is 25.6. The third kappa shape index (κ3) is 5.53. The summed E-state index contributed by atoms with van der Waals surface area (Å²) in [5.41, 5.74) is -1.19. The quantitative estimate of drug-likeness (QED) is 0.409. The van der Waals surface area contributed by atoms with Crippen molar-refractivity contribution >= 4 is 42.0 Å². The number of hydrogen-bond donors (Lipinski definition) is 3. The molecule has 0 aromatic heterocycles. The molecular weight excluding hydrogens is 527 g/mol. The summed E-state index contributed by atoms with van der Waals surface area (Å²) in [6.45, 7) is -0.205. The second kappa shape index (κ2) is 9.77. The number of aliphatic hydroxyl groups is 1. The fourth-order valence-electron chi connectivity index (χ4n) is 4.71. The van der Waals surface area contributed by atoms with Crippen molar-refractivity contribution in [2.24, 2.45) is 0 Å². The summed E-state index contributed by atoms with van der Waals surface area (Å²) in [7, 11) is -2.48. The molecule has 2 fully saturated rings. The summed E-state index contributed by atoms with van der Waals surface area (Å²) in [6, 6.07) is 9.22. The monoisotopic (exact) mass is 549 g/mol. The van der Waals surface area contributed by atoms with E-state index in [1.165, 1.54) is 18.2 Å².